The molecule has 1 unspecified atom stereocenters. The molecule has 10 atom stereocenters. The number of rotatable bonds is 10. The van der Waals surface area contributed by atoms with Crippen molar-refractivity contribution in [3.05, 3.63) is 70.9 Å². The van der Waals surface area contributed by atoms with Crippen LogP contribution in [0.3, 0.4) is 0 Å². The van der Waals surface area contributed by atoms with Gasteiger partial charge in [-0.3, -0.25) is 14.5 Å². The Hall–Kier alpha value is -4.73. The maximum atomic E-state index is 15.4. The van der Waals surface area contributed by atoms with E-state index in [1.807, 2.05) is 63.1 Å². The number of aromatic nitrogens is 1. The smallest absolute Gasteiger partial charge is 0.407 e. The second-order valence-corrected chi connectivity index (χ2v) is 20.4. The molecule has 5 aliphatic heterocycles. The van der Waals surface area contributed by atoms with Crippen LogP contribution in [0.25, 0.3) is 10.9 Å². The van der Waals surface area contributed by atoms with Crippen molar-refractivity contribution in [2.75, 3.05) is 72.0 Å². The molecule has 352 valence electrons. The minimum atomic E-state index is -2.93. The van der Waals surface area contributed by atoms with E-state index in [2.05, 4.69) is 38.3 Å². The number of hydrogen-bond acceptors (Lipinski definition) is 11. The van der Waals surface area contributed by atoms with Crippen molar-refractivity contribution < 1.29 is 47.2 Å². The monoisotopic (exact) mass is 901 g/mol. The lowest BCUT2D eigenvalue weighted by Crippen LogP contribution is -2.81. The highest BCUT2D eigenvalue weighted by atomic mass is 19.3. The molecule has 1 spiro atoms. The number of likely N-dealkylation sites (N-methyl/N-ethyl adjacent to an activating group) is 1. The van der Waals surface area contributed by atoms with E-state index in [0.717, 1.165) is 34.6 Å². The number of carbonyl (C=O) groups excluding carboxylic acids is 3. The van der Waals surface area contributed by atoms with Gasteiger partial charge in [0.2, 0.25) is 5.92 Å². The molecule has 6 aliphatic rings. The standard InChI is InChI=1S/C50H65F2N5O8/c1-9-47-16-12-18-57-20-17-48(41(47)57)35-22-36(39(62-7)23-38(35)55(6)42(48)50(61,43(47)65-30(4)58)28-53-45(60)64-27-29(2)3)49(44(59)63-8)24-31-21-32(46(5,51)52)26-56(25-31)19-15-34-33-13-10-11-14-37(33)54-40(34)49/h10-14,16,22-23,29,31-32,41-43,54,61H,9,15,17-21,24-28H2,1-8H3,(H,53,60)/t31-,32+,41-,42+,43+,47+,48+,49-,50-/m0/s1. The van der Waals surface area contributed by atoms with Crippen LogP contribution in [0.1, 0.15) is 82.7 Å². The van der Waals surface area contributed by atoms with E-state index < -0.39 is 63.9 Å². The topological polar surface area (TPSA) is 146 Å². The third kappa shape index (κ3) is 6.78. The minimum absolute atomic E-state index is 0.0817. The van der Waals surface area contributed by atoms with Gasteiger partial charge in [0.05, 0.1) is 33.4 Å². The molecule has 1 amide bonds. The Labute approximate surface area is 380 Å². The van der Waals surface area contributed by atoms with Crippen LogP contribution in [0.5, 0.6) is 5.75 Å². The Bertz CT molecular complexity index is 2400. The van der Waals surface area contributed by atoms with E-state index in [0.29, 0.717) is 62.4 Å². The van der Waals surface area contributed by atoms with Crippen LogP contribution in [0, 0.1) is 23.2 Å². The summed E-state index contributed by atoms with van der Waals surface area (Å²) < 4.78 is 55.1. The average Bonchev–Trinajstić information content (AvgIpc) is 3.94. The molecule has 1 aliphatic carbocycles. The Morgan fingerprint density at radius 1 is 1.08 bits per heavy atom. The number of fused-ring (bicyclic) bond motifs is 6. The maximum Gasteiger partial charge on any atom is 0.407 e. The van der Waals surface area contributed by atoms with Crippen molar-refractivity contribution in [1.29, 1.82) is 0 Å². The number of ether oxygens (including phenoxy) is 4. The largest absolute Gasteiger partial charge is 0.496 e. The first-order chi connectivity index (χ1) is 30.9. The van der Waals surface area contributed by atoms with Gasteiger partial charge in [0, 0.05) is 96.9 Å². The number of anilines is 1. The number of aliphatic hydroxyl groups is 1. The Morgan fingerprint density at radius 2 is 1.85 bits per heavy atom. The van der Waals surface area contributed by atoms with E-state index in [4.69, 9.17) is 18.9 Å². The van der Waals surface area contributed by atoms with Gasteiger partial charge in [0.25, 0.3) is 0 Å². The van der Waals surface area contributed by atoms with Crippen LogP contribution in [-0.4, -0.2) is 135 Å². The predicted octanol–water partition coefficient (Wildman–Crippen LogP) is 6.33. The number of alkyl halides is 2. The highest BCUT2D eigenvalue weighted by Gasteiger charge is 2.78. The Kier molecular flexibility index (Phi) is 11.4. The van der Waals surface area contributed by atoms with E-state index in [9.17, 15) is 14.7 Å². The summed E-state index contributed by atoms with van der Waals surface area (Å²) >= 11 is 0. The first kappa shape index (κ1) is 45.4. The molecule has 6 heterocycles. The number of alkyl carbamates (subject to hydrolysis) is 1. The van der Waals surface area contributed by atoms with Gasteiger partial charge >= 0.3 is 18.0 Å². The van der Waals surface area contributed by atoms with Crippen LogP contribution in [0.4, 0.5) is 19.3 Å². The van der Waals surface area contributed by atoms with Crippen molar-refractivity contribution >= 4 is 34.6 Å². The predicted molar refractivity (Wildman–Crippen MR) is 241 cm³/mol. The SMILES string of the molecule is CC[C@]12C=CCN3CC[C@@]4(c5cc([C@@]6(C(=O)OC)C[C@@H]7C[C@@H](C(C)(F)F)CN(CCc8c6[nH]c6ccccc86)C7)c(OC)cc5N(C)[C@H]4[C@@](O)(CNC(=O)OCC(C)C)[C@@H]1OC(C)=O)[C@@H]32. The molecule has 65 heavy (non-hydrogen) atoms. The molecule has 15 heteroatoms. The molecule has 1 saturated carbocycles. The summed E-state index contributed by atoms with van der Waals surface area (Å²) in [6, 6.07) is 10.9. The second kappa shape index (κ2) is 16.3. The summed E-state index contributed by atoms with van der Waals surface area (Å²) in [6.45, 7) is 10.8. The molecule has 3 N–H and O–H groups in total. The fraction of sp³-hybridized carbons (Fsp3) is 0.620. The number of aromatic amines is 1. The van der Waals surface area contributed by atoms with Gasteiger partial charge in [0.1, 0.15) is 22.9 Å². The molecule has 2 saturated heterocycles. The fourth-order valence-electron chi connectivity index (χ4n) is 13.9. The minimum Gasteiger partial charge on any atom is -0.496 e. The first-order valence-corrected chi connectivity index (χ1v) is 23.4. The number of halogens is 2. The van der Waals surface area contributed by atoms with Crippen molar-refractivity contribution in [3.63, 3.8) is 0 Å². The lowest BCUT2D eigenvalue weighted by molar-refractivity contribution is -0.217. The number of para-hydroxylation sites is 1. The number of hydrogen-bond donors (Lipinski definition) is 3. The quantitative estimate of drug-likeness (QED) is 0.119. The van der Waals surface area contributed by atoms with E-state index in [1.165, 1.54) is 14.0 Å². The van der Waals surface area contributed by atoms with Gasteiger partial charge in [-0.2, -0.15) is 0 Å². The van der Waals surface area contributed by atoms with Crippen molar-refractivity contribution in [3.8, 4) is 5.75 Å². The third-order valence-electron chi connectivity index (χ3n) is 16.2. The number of H-pyrrole nitrogens is 1. The van der Waals surface area contributed by atoms with Crippen LogP contribution in [-0.2, 0) is 41.1 Å². The Balaban J connectivity index is 1.31. The van der Waals surface area contributed by atoms with E-state index >= 15 is 13.6 Å². The van der Waals surface area contributed by atoms with Gasteiger partial charge in [-0.15, -0.1) is 0 Å². The van der Waals surface area contributed by atoms with Crippen LogP contribution in [0.15, 0.2) is 48.6 Å². The van der Waals surface area contributed by atoms with Crippen molar-refractivity contribution in [1.82, 2.24) is 20.1 Å². The number of benzene rings is 2. The zero-order chi connectivity index (χ0) is 46.4. The van der Waals surface area contributed by atoms with E-state index in [-0.39, 0.29) is 50.4 Å². The lowest BCUT2D eigenvalue weighted by Gasteiger charge is -2.64. The number of nitrogens with zero attached hydrogens (tertiary/aromatic N) is 3. The molecule has 0 radical (unpaired) electrons. The zero-order valence-electron chi connectivity index (χ0n) is 39.0. The maximum absolute atomic E-state index is 15.4. The summed E-state index contributed by atoms with van der Waals surface area (Å²) in [4.78, 5) is 52.3. The number of nitrogens with one attached hydrogen (secondary N) is 2. The molecular weight excluding hydrogens is 837 g/mol. The molecular formula is C50H65F2N5O8. The van der Waals surface area contributed by atoms with Crippen LogP contribution >= 0.6 is 0 Å². The van der Waals surface area contributed by atoms with Crippen molar-refractivity contribution in [2.45, 2.75) is 107 Å². The summed E-state index contributed by atoms with van der Waals surface area (Å²) in [5, 5.41) is 17.6. The number of carbonyl (C=O) groups is 3. The number of methoxy groups -OCH3 is 2. The fourth-order valence-corrected chi connectivity index (χ4v) is 13.9. The average molecular weight is 902 g/mol. The van der Waals surface area contributed by atoms with Gasteiger partial charge < -0.3 is 44.2 Å². The van der Waals surface area contributed by atoms with Crippen molar-refractivity contribution in [2.24, 2.45) is 23.2 Å². The van der Waals surface area contributed by atoms with Gasteiger partial charge in [-0.25, -0.2) is 13.6 Å². The highest BCUT2D eigenvalue weighted by Crippen LogP contribution is 2.68. The van der Waals surface area contributed by atoms with Crippen LogP contribution in [0.2, 0.25) is 0 Å². The Morgan fingerprint density at radius 3 is 2.54 bits per heavy atom. The molecule has 9 rings (SSSR count). The summed E-state index contributed by atoms with van der Waals surface area (Å²) in [5.74, 6) is -4.77. The van der Waals surface area contributed by atoms with Gasteiger partial charge in [0.15, 0.2) is 0 Å². The molecule has 3 aromatic rings. The molecule has 2 bridgehead atoms. The molecule has 13 nitrogen and oxygen atoms in total. The summed E-state index contributed by atoms with van der Waals surface area (Å²) in [5.41, 5.74) is -0.599. The molecule has 1 aromatic heterocycles. The number of piperidine rings is 1. The first-order valence-electron chi connectivity index (χ1n) is 23.4. The highest BCUT2D eigenvalue weighted by molar-refractivity contribution is 5.94. The summed E-state index contributed by atoms with van der Waals surface area (Å²) in [6.07, 6.45) is 4.39. The second-order valence-electron chi connectivity index (χ2n) is 20.4. The lowest BCUT2D eigenvalue weighted by atomic mass is 9.47. The number of esters is 2. The third-order valence-corrected chi connectivity index (χ3v) is 16.2. The van der Waals surface area contributed by atoms with Gasteiger partial charge in [-0.1, -0.05) is 51.1 Å². The van der Waals surface area contributed by atoms with E-state index in [1.54, 1.807) is 7.11 Å². The molecule has 2 aromatic carbocycles. The number of amides is 1. The van der Waals surface area contributed by atoms with Gasteiger partial charge in [-0.05, 0) is 80.7 Å². The zero-order valence-corrected chi connectivity index (χ0v) is 39.0. The summed E-state index contributed by atoms with van der Waals surface area (Å²) in [7, 11) is 4.86. The normalized spacial score (nSPS) is 33.8. The molecule has 3 fully saturated rings. The van der Waals surface area contributed by atoms with Crippen LogP contribution < -0.4 is 15.0 Å².